The fourth-order valence-electron chi connectivity index (χ4n) is 1.94. The Kier molecular flexibility index (Phi) is 5.54. The molecule has 0 spiro atoms. The molecule has 1 unspecified atom stereocenters. The molecule has 2 aromatic rings. The highest BCUT2D eigenvalue weighted by molar-refractivity contribution is 5.81. The second-order valence-electron chi connectivity index (χ2n) is 4.88. The summed E-state index contributed by atoms with van der Waals surface area (Å²) in [6.45, 7) is 2.79. The topological polar surface area (TPSA) is 74.5 Å². The van der Waals surface area contributed by atoms with Gasteiger partial charge in [0, 0.05) is 6.54 Å². The van der Waals surface area contributed by atoms with E-state index in [9.17, 15) is 4.79 Å². The Bertz CT molecular complexity index is 567. The average Bonchev–Trinajstić information content (AvgIpc) is 3.03. The van der Waals surface area contributed by atoms with Gasteiger partial charge in [-0.1, -0.05) is 24.3 Å². The largest absolute Gasteiger partial charge is 0.467 e. The third kappa shape index (κ3) is 4.73. The molecule has 0 bridgehead atoms. The number of furan rings is 1. The van der Waals surface area contributed by atoms with Gasteiger partial charge in [-0.15, -0.1) is 0 Å². The standard InChI is InChI=1S/C16H20N2O3/c1-12(16(20)18-10-15-6-3-7-21-15)17-9-13-4-2-5-14(8-13)11-19/h2-8,12,17,19H,9-11H2,1H3,(H,18,20). The molecule has 112 valence electrons. The van der Waals surface area contributed by atoms with Crippen LogP contribution >= 0.6 is 0 Å². The van der Waals surface area contributed by atoms with Crippen LogP contribution in [0.1, 0.15) is 23.8 Å². The molecule has 21 heavy (non-hydrogen) atoms. The number of rotatable bonds is 7. The van der Waals surface area contributed by atoms with Crippen LogP contribution in [0.4, 0.5) is 0 Å². The van der Waals surface area contributed by atoms with E-state index in [1.54, 1.807) is 12.3 Å². The second kappa shape index (κ2) is 7.61. The molecule has 0 aliphatic heterocycles. The van der Waals surface area contributed by atoms with E-state index in [4.69, 9.17) is 9.52 Å². The molecular weight excluding hydrogens is 268 g/mol. The van der Waals surface area contributed by atoms with Gasteiger partial charge < -0.3 is 20.2 Å². The molecule has 0 fully saturated rings. The summed E-state index contributed by atoms with van der Waals surface area (Å²) in [6.07, 6.45) is 1.58. The maximum absolute atomic E-state index is 11.9. The number of hydrogen-bond donors (Lipinski definition) is 3. The van der Waals surface area contributed by atoms with E-state index in [2.05, 4.69) is 10.6 Å². The maximum Gasteiger partial charge on any atom is 0.237 e. The zero-order chi connectivity index (χ0) is 15.1. The van der Waals surface area contributed by atoms with E-state index >= 15 is 0 Å². The average molecular weight is 288 g/mol. The van der Waals surface area contributed by atoms with Crippen LogP contribution in [-0.2, 0) is 24.5 Å². The summed E-state index contributed by atoms with van der Waals surface area (Å²) in [6, 6.07) is 10.9. The molecule has 0 aliphatic carbocycles. The van der Waals surface area contributed by atoms with E-state index in [0.29, 0.717) is 13.1 Å². The normalized spacial score (nSPS) is 12.1. The minimum Gasteiger partial charge on any atom is -0.467 e. The molecule has 0 saturated carbocycles. The smallest absolute Gasteiger partial charge is 0.237 e. The highest BCUT2D eigenvalue weighted by atomic mass is 16.3. The number of aliphatic hydroxyl groups excluding tert-OH is 1. The first-order valence-electron chi connectivity index (χ1n) is 6.91. The van der Waals surface area contributed by atoms with Gasteiger partial charge in [-0.25, -0.2) is 0 Å². The lowest BCUT2D eigenvalue weighted by Crippen LogP contribution is -2.41. The molecule has 1 atom stereocenters. The van der Waals surface area contributed by atoms with Crippen molar-refractivity contribution >= 4 is 5.91 Å². The van der Waals surface area contributed by atoms with Crippen molar-refractivity contribution in [3.05, 3.63) is 59.5 Å². The Hall–Kier alpha value is -2.11. The van der Waals surface area contributed by atoms with Crippen molar-refractivity contribution in [3.8, 4) is 0 Å². The van der Waals surface area contributed by atoms with Crippen LogP contribution in [0.5, 0.6) is 0 Å². The molecule has 1 heterocycles. The molecule has 0 saturated heterocycles. The minimum absolute atomic E-state index is 0.0209. The van der Waals surface area contributed by atoms with Crippen LogP contribution in [0.15, 0.2) is 47.1 Å². The van der Waals surface area contributed by atoms with E-state index in [0.717, 1.165) is 16.9 Å². The predicted molar refractivity (Wildman–Crippen MR) is 79.2 cm³/mol. The molecule has 5 nitrogen and oxygen atoms in total. The van der Waals surface area contributed by atoms with Gasteiger partial charge in [0.15, 0.2) is 0 Å². The number of hydrogen-bond acceptors (Lipinski definition) is 4. The zero-order valence-corrected chi connectivity index (χ0v) is 12.0. The quantitative estimate of drug-likeness (QED) is 0.723. The molecule has 0 aliphatic rings. The van der Waals surface area contributed by atoms with Crippen molar-refractivity contribution in [3.63, 3.8) is 0 Å². The summed E-state index contributed by atoms with van der Waals surface area (Å²) in [7, 11) is 0. The lowest BCUT2D eigenvalue weighted by atomic mass is 10.1. The van der Waals surface area contributed by atoms with Crippen LogP contribution in [0, 0.1) is 0 Å². The molecule has 5 heteroatoms. The van der Waals surface area contributed by atoms with Crippen molar-refractivity contribution in [1.82, 2.24) is 10.6 Å². The van der Waals surface area contributed by atoms with Gasteiger partial charge >= 0.3 is 0 Å². The van der Waals surface area contributed by atoms with E-state index in [-0.39, 0.29) is 18.6 Å². The summed E-state index contributed by atoms with van der Waals surface area (Å²) in [4.78, 5) is 11.9. The number of carbonyl (C=O) groups is 1. The van der Waals surface area contributed by atoms with Gasteiger partial charge in [0.25, 0.3) is 0 Å². The van der Waals surface area contributed by atoms with Gasteiger partial charge in [-0.3, -0.25) is 4.79 Å². The van der Waals surface area contributed by atoms with Crippen LogP contribution < -0.4 is 10.6 Å². The number of benzene rings is 1. The molecule has 1 aromatic carbocycles. The minimum atomic E-state index is -0.308. The summed E-state index contributed by atoms with van der Waals surface area (Å²) in [5.41, 5.74) is 1.90. The first-order chi connectivity index (χ1) is 10.2. The first-order valence-corrected chi connectivity index (χ1v) is 6.91. The summed E-state index contributed by atoms with van der Waals surface area (Å²) < 4.78 is 5.16. The third-order valence-electron chi connectivity index (χ3n) is 3.20. The summed E-state index contributed by atoms with van der Waals surface area (Å²) >= 11 is 0. The van der Waals surface area contributed by atoms with Crippen molar-refractivity contribution in [2.24, 2.45) is 0 Å². The van der Waals surface area contributed by atoms with Gasteiger partial charge in [-0.05, 0) is 30.2 Å². The fraction of sp³-hybridized carbons (Fsp3) is 0.312. The van der Waals surface area contributed by atoms with E-state index in [1.165, 1.54) is 0 Å². The monoisotopic (exact) mass is 288 g/mol. The number of carbonyl (C=O) groups excluding carboxylic acids is 1. The van der Waals surface area contributed by atoms with Crippen LogP contribution in [0.2, 0.25) is 0 Å². The number of aliphatic hydroxyl groups is 1. The van der Waals surface area contributed by atoms with Crippen LogP contribution in [-0.4, -0.2) is 17.1 Å². The molecule has 3 N–H and O–H groups in total. The van der Waals surface area contributed by atoms with Gasteiger partial charge in [0.05, 0.1) is 25.5 Å². The Morgan fingerprint density at radius 3 is 2.76 bits per heavy atom. The molecule has 2 rings (SSSR count). The predicted octanol–water partition coefficient (Wildman–Crippen LogP) is 1.57. The Balaban J connectivity index is 1.77. The zero-order valence-electron chi connectivity index (χ0n) is 12.0. The molecule has 0 radical (unpaired) electrons. The van der Waals surface area contributed by atoms with Gasteiger partial charge in [0.2, 0.25) is 5.91 Å². The number of nitrogens with one attached hydrogen (secondary N) is 2. The maximum atomic E-state index is 11.9. The second-order valence-corrected chi connectivity index (χ2v) is 4.88. The summed E-state index contributed by atoms with van der Waals surface area (Å²) in [5, 5.41) is 15.1. The van der Waals surface area contributed by atoms with E-state index in [1.807, 2.05) is 37.3 Å². The Labute approximate surface area is 124 Å². The highest BCUT2D eigenvalue weighted by Crippen LogP contribution is 2.05. The molecule has 1 aromatic heterocycles. The van der Waals surface area contributed by atoms with Crippen molar-refractivity contribution in [2.45, 2.75) is 32.7 Å². The van der Waals surface area contributed by atoms with Crippen LogP contribution in [0.3, 0.4) is 0 Å². The third-order valence-corrected chi connectivity index (χ3v) is 3.20. The van der Waals surface area contributed by atoms with Crippen molar-refractivity contribution < 1.29 is 14.3 Å². The molecular formula is C16H20N2O3. The number of amides is 1. The SMILES string of the molecule is CC(NCc1cccc(CO)c1)C(=O)NCc1ccco1. The van der Waals surface area contributed by atoms with Crippen molar-refractivity contribution in [2.75, 3.05) is 0 Å². The Morgan fingerprint density at radius 2 is 2.05 bits per heavy atom. The lowest BCUT2D eigenvalue weighted by molar-refractivity contribution is -0.123. The van der Waals surface area contributed by atoms with E-state index < -0.39 is 0 Å². The first kappa shape index (κ1) is 15.3. The fourth-order valence-corrected chi connectivity index (χ4v) is 1.94. The molecule has 1 amide bonds. The van der Waals surface area contributed by atoms with Crippen molar-refractivity contribution in [1.29, 1.82) is 0 Å². The van der Waals surface area contributed by atoms with Crippen LogP contribution in [0.25, 0.3) is 0 Å². The highest BCUT2D eigenvalue weighted by Gasteiger charge is 2.12. The Morgan fingerprint density at radius 1 is 1.24 bits per heavy atom. The van der Waals surface area contributed by atoms with Gasteiger partial charge in [-0.2, -0.15) is 0 Å². The summed E-state index contributed by atoms with van der Waals surface area (Å²) in [5.74, 6) is 0.649. The lowest BCUT2D eigenvalue weighted by Gasteiger charge is -2.14. The van der Waals surface area contributed by atoms with Gasteiger partial charge in [0.1, 0.15) is 5.76 Å².